The third-order valence-electron chi connectivity index (χ3n) is 4.28. The number of aromatic nitrogens is 5. The Bertz CT molecular complexity index is 1070. The molecule has 0 saturated heterocycles. The molecule has 7 nitrogen and oxygen atoms in total. The monoisotopic (exact) mass is 346 g/mol. The molecule has 26 heavy (non-hydrogen) atoms. The van der Waals surface area contributed by atoms with Gasteiger partial charge in [0.05, 0.1) is 17.4 Å². The summed E-state index contributed by atoms with van der Waals surface area (Å²) in [6, 6.07) is 11.4. The molecule has 0 fully saturated rings. The van der Waals surface area contributed by atoms with Crippen molar-refractivity contribution in [2.45, 2.75) is 19.9 Å². The van der Waals surface area contributed by atoms with Gasteiger partial charge in [-0.25, -0.2) is 14.2 Å². The first-order chi connectivity index (χ1) is 12.6. The largest absolute Gasteiger partial charge is 0.345 e. The Hall–Kier alpha value is -3.48. The molecule has 1 aromatic carbocycles. The molecule has 1 atom stereocenters. The van der Waals surface area contributed by atoms with Crippen LogP contribution in [0.4, 0.5) is 0 Å². The Kier molecular flexibility index (Phi) is 3.96. The summed E-state index contributed by atoms with van der Waals surface area (Å²) < 4.78 is 3.41. The lowest BCUT2D eigenvalue weighted by atomic mass is 10.1. The number of hydrogen-bond acceptors (Lipinski definition) is 4. The summed E-state index contributed by atoms with van der Waals surface area (Å²) >= 11 is 0. The van der Waals surface area contributed by atoms with Gasteiger partial charge in [0.15, 0.2) is 5.65 Å². The lowest BCUT2D eigenvalue weighted by Crippen LogP contribution is -2.27. The third-order valence-corrected chi connectivity index (χ3v) is 4.28. The topological polar surface area (TPSA) is 77.1 Å². The number of nitrogens with zero attached hydrogens (tertiary/aromatic N) is 5. The first-order valence-corrected chi connectivity index (χ1v) is 8.34. The van der Waals surface area contributed by atoms with Crippen molar-refractivity contribution in [3.63, 3.8) is 0 Å². The molecule has 7 heteroatoms. The molecule has 0 aliphatic carbocycles. The van der Waals surface area contributed by atoms with Gasteiger partial charge < -0.3 is 5.32 Å². The second-order valence-corrected chi connectivity index (χ2v) is 6.09. The molecule has 4 rings (SSSR count). The number of benzene rings is 1. The van der Waals surface area contributed by atoms with Gasteiger partial charge in [-0.3, -0.25) is 4.79 Å². The molecule has 1 amide bonds. The maximum Gasteiger partial charge on any atom is 0.257 e. The molecule has 3 aromatic heterocycles. The van der Waals surface area contributed by atoms with E-state index in [0.29, 0.717) is 16.9 Å². The summed E-state index contributed by atoms with van der Waals surface area (Å²) in [6.07, 6.45) is 7.06. The van der Waals surface area contributed by atoms with E-state index in [1.807, 2.05) is 50.4 Å². The van der Waals surface area contributed by atoms with Crippen molar-refractivity contribution < 1.29 is 4.79 Å². The molecule has 0 saturated carbocycles. The zero-order chi connectivity index (χ0) is 18.1. The average molecular weight is 346 g/mol. The van der Waals surface area contributed by atoms with Crippen molar-refractivity contribution in [1.82, 2.24) is 29.7 Å². The minimum atomic E-state index is -0.187. The number of rotatable bonds is 4. The first kappa shape index (κ1) is 16.0. The van der Waals surface area contributed by atoms with Crippen LogP contribution in [0.1, 0.15) is 34.6 Å². The predicted molar refractivity (Wildman–Crippen MR) is 97.2 cm³/mol. The van der Waals surface area contributed by atoms with Gasteiger partial charge in [-0.1, -0.05) is 12.1 Å². The third kappa shape index (κ3) is 2.83. The molecule has 3 heterocycles. The molecule has 1 N–H and O–H groups in total. The van der Waals surface area contributed by atoms with Crippen LogP contribution in [0, 0.1) is 6.92 Å². The minimum Gasteiger partial charge on any atom is -0.345 e. The van der Waals surface area contributed by atoms with Gasteiger partial charge in [0.1, 0.15) is 5.56 Å². The fourth-order valence-corrected chi connectivity index (χ4v) is 2.97. The maximum absolute atomic E-state index is 12.8. The second kappa shape index (κ2) is 6.44. The van der Waals surface area contributed by atoms with E-state index < -0.39 is 0 Å². The highest BCUT2D eigenvalue weighted by molar-refractivity contribution is 6.01. The number of amides is 1. The average Bonchev–Trinajstić information content (AvgIpc) is 3.28. The van der Waals surface area contributed by atoms with Crippen LogP contribution in [0.2, 0.25) is 0 Å². The molecular formula is C19H18N6O. The van der Waals surface area contributed by atoms with Gasteiger partial charge in [-0.15, -0.1) is 0 Å². The van der Waals surface area contributed by atoms with E-state index in [9.17, 15) is 4.79 Å². The van der Waals surface area contributed by atoms with Crippen molar-refractivity contribution in [3.05, 3.63) is 78.0 Å². The van der Waals surface area contributed by atoms with Gasteiger partial charge >= 0.3 is 0 Å². The summed E-state index contributed by atoms with van der Waals surface area (Å²) in [6.45, 7) is 3.77. The van der Waals surface area contributed by atoms with E-state index in [1.54, 1.807) is 33.9 Å². The van der Waals surface area contributed by atoms with E-state index >= 15 is 0 Å². The predicted octanol–water partition coefficient (Wildman–Crippen LogP) is 2.71. The molecule has 0 aliphatic heterocycles. The van der Waals surface area contributed by atoms with E-state index in [4.69, 9.17) is 0 Å². The summed E-state index contributed by atoms with van der Waals surface area (Å²) in [7, 11) is 0. The molecule has 130 valence electrons. The van der Waals surface area contributed by atoms with Crippen LogP contribution in [-0.4, -0.2) is 30.3 Å². The molecule has 0 spiro atoms. The summed E-state index contributed by atoms with van der Waals surface area (Å²) in [4.78, 5) is 17.1. The van der Waals surface area contributed by atoms with Crippen LogP contribution < -0.4 is 5.32 Å². The molecular weight excluding hydrogens is 328 g/mol. The van der Waals surface area contributed by atoms with Gasteiger partial charge in [0, 0.05) is 24.8 Å². The molecule has 4 aromatic rings. The van der Waals surface area contributed by atoms with Gasteiger partial charge in [-0.2, -0.15) is 10.2 Å². The smallest absolute Gasteiger partial charge is 0.257 e. The van der Waals surface area contributed by atoms with Gasteiger partial charge in [0.25, 0.3) is 5.91 Å². The fraction of sp³-hybridized carbons (Fsp3) is 0.158. The Morgan fingerprint density at radius 1 is 1.15 bits per heavy atom. The molecule has 0 radical (unpaired) electrons. The summed E-state index contributed by atoms with van der Waals surface area (Å²) in [5, 5.41) is 11.6. The Morgan fingerprint density at radius 3 is 2.81 bits per heavy atom. The number of aryl methyl sites for hydroxylation is 1. The number of hydrogen-bond donors (Lipinski definition) is 1. The summed E-state index contributed by atoms with van der Waals surface area (Å²) in [5.41, 5.74) is 3.65. The second-order valence-electron chi connectivity index (χ2n) is 6.09. The van der Waals surface area contributed by atoms with Gasteiger partial charge in [-0.05, 0) is 43.7 Å². The van der Waals surface area contributed by atoms with Crippen LogP contribution in [0.3, 0.4) is 0 Å². The van der Waals surface area contributed by atoms with Crippen molar-refractivity contribution in [3.8, 4) is 5.69 Å². The molecule has 0 aliphatic rings. The van der Waals surface area contributed by atoms with E-state index in [0.717, 1.165) is 11.3 Å². The van der Waals surface area contributed by atoms with Crippen molar-refractivity contribution >= 4 is 11.6 Å². The number of nitrogens with one attached hydrogen (secondary N) is 1. The van der Waals surface area contributed by atoms with Crippen LogP contribution in [0.5, 0.6) is 0 Å². The maximum atomic E-state index is 12.8. The van der Waals surface area contributed by atoms with Crippen LogP contribution >= 0.6 is 0 Å². The number of carbonyl (C=O) groups is 1. The van der Waals surface area contributed by atoms with E-state index in [-0.39, 0.29) is 11.9 Å². The van der Waals surface area contributed by atoms with Gasteiger partial charge in [0.2, 0.25) is 0 Å². The highest BCUT2D eigenvalue weighted by atomic mass is 16.1. The van der Waals surface area contributed by atoms with Crippen LogP contribution in [0.15, 0.2) is 61.2 Å². The van der Waals surface area contributed by atoms with E-state index in [2.05, 4.69) is 20.5 Å². The SMILES string of the molecule is Cc1nn2cccnc2c1C(=O)NC(C)c1cccc(-n2cccn2)c1. The highest BCUT2D eigenvalue weighted by Crippen LogP contribution is 2.19. The molecule has 1 unspecified atom stereocenters. The fourth-order valence-electron chi connectivity index (χ4n) is 2.97. The van der Waals surface area contributed by atoms with Crippen molar-refractivity contribution in [2.75, 3.05) is 0 Å². The van der Waals surface area contributed by atoms with Crippen molar-refractivity contribution in [2.24, 2.45) is 0 Å². The zero-order valence-electron chi connectivity index (χ0n) is 14.5. The lowest BCUT2D eigenvalue weighted by Gasteiger charge is -2.15. The number of fused-ring (bicyclic) bond motifs is 1. The quantitative estimate of drug-likeness (QED) is 0.616. The number of carbonyl (C=O) groups excluding carboxylic acids is 1. The Morgan fingerprint density at radius 2 is 2.00 bits per heavy atom. The first-order valence-electron chi connectivity index (χ1n) is 8.34. The normalized spacial score (nSPS) is 12.2. The Labute approximate surface area is 150 Å². The molecule has 0 bridgehead atoms. The lowest BCUT2D eigenvalue weighted by molar-refractivity contribution is 0.0940. The van der Waals surface area contributed by atoms with E-state index in [1.165, 1.54) is 0 Å². The standard InChI is InChI=1S/C19H18N6O/c1-13(15-6-3-7-16(12-15)24-10-5-9-21-24)22-19(26)17-14(2)23-25-11-4-8-20-18(17)25/h3-13H,1-2H3,(H,22,26). The highest BCUT2D eigenvalue weighted by Gasteiger charge is 2.20. The van der Waals surface area contributed by atoms with Crippen LogP contribution in [-0.2, 0) is 0 Å². The van der Waals surface area contributed by atoms with Crippen LogP contribution in [0.25, 0.3) is 11.3 Å². The zero-order valence-corrected chi connectivity index (χ0v) is 14.5. The minimum absolute atomic E-state index is 0.170. The van der Waals surface area contributed by atoms with Crippen molar-refractivity contribution in [1.29, 1.82) is 0 Å². The Balaban J connectivity index is 1.60. The summed E-state index contributed by atoms with van der Waals surface area (Å²) in [5.74, 6) is -0.187.